The van der Waals surface area contributed by atoms with Crippen molar-refractivity contribution in [3.63, 3.8) is 0 Å². The lowest BCUT2D eigenvalue weighted by Crippen LogP contribution is -2.24. The highest BCUT2D eigenvalue weighted by atomic mass is 16.1. The van der Waals surface area contributed by atoms with Crippen molar-refractivity contribution >= 4 is 28.1 Å². The molecule has 158 valence electrons. The van der Waals surface area contributed by atoms with Crippen LogP contribution in [-0.4, -0.2) is 15.3 Å². The fourth-order valence-corrected chi connectivity index (χ4v) is 4.70. The van der Waals surface area contributed by atoms with E-state index in [1.807, 2.05) is 78.9 Å². The van der Waals surface area contributed by atoms with Gasteiger partial charge in [0.2, 0.25) is 5.78 Å². The zero-order valence-electron chi connectivity index (χ0n) is 17.9. The molecule has 33 heavy (non-hydrogen) atoms. The van der Waals surface area contributed by atoms with Crippen LogP contribution >= 0.6 is 0 Å². The van der Waals surface area contributed by atoms with Crippen LogP contribution in [0.1, 0.15) is 16.1 Å². The first-order valence-corrected chi connectivity index (χ1v) is 10.7. The summed E-state index contributed by atoms with van der Waals surface area (Å²) in [6.07, 6.45) is 1.62. The predicted molar refractivity (Wildman–Crippen MR) is 131 cm³/mol. The third-order valence-electron chi connectivity index (χ3n) is 6.20. The minimum absolute atomic E-state index is 0.109. The maximum absolute atomic E-state index is 13.8. The van der Waals surface area contributed by atoms with E-state index < -0.39 is 0 Å². The molecular weight excluding hydrogens is 410 g/mol. The topological polar surface area (TPSA) is 64.0 Å². The molecule has 0 saturated carbocycles. The van der Waals surface area contributed by atoms with Gasteiger partial charge in [0.25, 0.3) is 5.56 Å². The molecule has 5 heteroatoms. The van der Waals surface area contributed by atoms with Gasteiger partial charge in [-0.25, -0.2) is 0 Å². The van der Waals surface area contributed by atoms with Gasteiger partial charge in [0, 0.05) is 35.4 Å². The molecule has 0 unspecified atom stereocenters. The van der Waals surface area contributed by atoms with Crippen LogP contribution in [0.15, 0.2) is 95.9 Å². The molecule has 2 aromatic heterocycles. The number of fused-ring (bicyclic) bond motifs is 2. The Morgan fingerprint density at radius 2 is 1.48 bits per heavy atom. The molecule has 6 rings (SSSR count). The summed E-state index contributed by atoms with van der Waals surface area (Å²) in [6.45, 7) is 0. The molecule has 0 radical (unpaired) electrons. The molecule has 2 heterocycles. The number of aromatic nitrogens is 2. The number of carbonyl (C=O) groups excluding carboxylic acids is 1. The van der Waals surface area contributed by atoms with E-state index in [9.17, 15) is 9.59 Å². The lowest BCUT2D eigenvalue weighted by atomic mass is 9.82. The summed E-state index contributed by atoms with van der Waals surface area (Å²) >= 11 is 0. The van der Waals surface area contributed by atoms with Crippen LogP contribution in [0.3, 0.4) is 0 Å². The van der Waals surface area contributed by atoms with E-state index in [-0.39, 0.29) is 11.3 Å². The fourth-order valence-electron chi connectivity index (χ4n) is 4.70. The summed E-state index contributed by atoms with van der Waals surface area (Å²) in [5.74, 6) is -0.153. The normalized spacial score (nSPS) is 12.0. The number of anilines is 2. The summed E-state index contributed by atoms with van der Waals surface area (Å²) in [4.78, 5) is 31.8. The molecule has 0 atom stereocenters. The first kappa shape index (κ1) is 19.2. The van der Waals surface area contributed by atoms with E-state index >= 15 is 0 Å². The summed E-state index contributed by atoms with van der Waals surface area (Å²) in [7, 11) is 1.76. The number of nitrogens with one attached hydrogen (secondary N) is 1. The van der Waals surface area contributed by atoms with Crippen molar-refractivity contribution in [1.82, 2.24) is 9.55 Å². The van der Waals surface area contributed by atoms with Crippen molar-refractivity contribution < 1.29 is 4.79 Å². The van der Waals surface area contributed by atoms with E-state index in [4.69, 9.17) is 0 Å². The van der Waals surface area contributed by atoms with Gasteiger partial charge < -0.3 is 9.88 Å². The van der Waals surface area contributed by atoms with Gasteiger partial charge in [-0.2, -0.15) is 0 Å². The Balaban J connectivity index is 1.79. The largest absolute Gasteiger partial charge is 0.355 e. The van der Waals surface area contributed by atoms with Crippen LogP contribution in [0.25, 0.3) is 33.2 Å². The van der Waals surface area contributed by atoms with Crippen molar-refractivity contribution in [1.29, 1.82) is 0 Å². The summed E-state index contributed by atoms with van der Waals surface area (Å²) in [6, 6.07) is 26.8. The van der Waals surface area contributed by atoms with Crippen LogP contribution in [-0.2, 0) is 7.05 Å². The Morgan fingerprint density at radius 1 is 0.758 bits per heavy atom. The first-order valence-electron chi connectivity index (χ1n) is 10.7. The van der Waals surface area contributed by atoms with Crippen molar-refractivity contribution in [2.75, 3.05) is 5.32 Å². The smallest absolute Gasteiger partial charge is 0.259 e. The third-order valence-corrected chi connectivity index (χ3v) is 6.20. The van der Waals surface area contributed by atoms with E-state index in [2.05, 4.69) is 10.3 Å². The Kier molecular flexibility index (Phi) is 4.23. The minimum atomic E-state index is -0.153. The number of pyridine rings is 2. The average Bonchev–Trinajstić information content (AvgIpc) is 2.86. The van der Waals surface area contributed by atoms with E-state index in [1.165, 1.54) is 0 Å². The van der Waals surface area contributed by atoms with Crippen molar-refractivity contribution in [2.45, 2.75) is 0 Å². The van der Waals surface area contributed by atoms with Gasteiger partial charge in [-0.05, 0) is 35.9 Å². The lowest BCUT2D eigenvalue weighted by Gasteiger charge is -2.25. The third kappa shape index (κ3) is 2.83. The van der Waals surface area contributed by atoms with E-state index in [0.29, 0.717) is 33.6 Å². The number of rotatable bonds is 3. The maximum atomic E-state index is 13.8. The first-order chi connectivity index (χ1) is 16.1. The highest BCUT2D eigenvalue weighted by molar-refractivity contribution is 6.28. The lowest BCUT2D eigenvalue weighted by molar-refractivity contribution is 0.103. The molecule has 1 aliphatic rings. The van der Waals surface area contributed by atoms with Crippen molar-refractivity contribution in [3.8, 4) is 22.3 Å². The van der Waals surface area contributed by atoms with Gasteiger partial charge >= 0.3 is 0 Å². The number of benzene rings is 3. The Hall–Kier alpha value is -4.51. The number of hydrogen-bond donors (Lipinski definition) is 1. The Morgan fingerprint density at radius 3 is 2.24 bits per heavy atom. The second-order valence-corrected chi connectivity index (χ2v) is 8.08. The Labute approximate surface area is 190 Å². The Bertz CT molecular complexity index is 1620. The monoisotopic (exact) mass is 429 g/mol. The summed E-state index contributed by atoms with van der Waals surface area (Å²) in [5.41, 5.74) is 5.90. The molecule has 0 fully saturated rings. The van der Waals surface area contributed by atoms with Gasteiger partial charge in [0.15, 0.2) is 0 Å². The van der Waals surface area contributed by atoms with Gasteiger partial charge in [-0.1, -0.05) is 54.6 Å². The van der Waals surface area contributed by atoms with E-state index in [0.717, 1.165) is 22.2 Å². The van der Waals surface area contributed by atoms with Crippen LogP contribution in [0, 0.1) is 0 Å². The molecule has 0 bridgehead atoms. The molecule has 1 N–H and O–H groups in total. The van der Waals surface area contributed by atoms with Gasteiger partial charge in [0.1, 0.15) is 5.69 Å². The zero-order valence-corrected chi connectivity index (χ0v) is 17.9. The second-order valence-electron chi connectivity index (χ2n) is 8.08. The quantitative estimate of drug-likeness (QED) is 0.400. The number of aryl methyl sites for hydroxylation is 1. The number of nitrogens with zero attached hydrogens (tertiary/aromatic N) is 2. The molecule has 0 aliphatic heterocycles. The van der Waals surface area contributed by atoms with Crippen LogP contribution < -0.4 is 10.9 Å². The molecule has 5 nitrogen and oxygen atoms in total. The van der Waals surface area contributed by atoms with Crippen LogP contribution in [0.5, 0.6) is 0 Å². The molecule has 3 aromatic carbocycles. The minimum Gasteiger partial charge on any atom is -0.355 e. The molecule has 0 amide bonds. The summed E-state index contributed by atoms with van der Waals surface area (Å²) in [5, 5.41) is 4.16. The zero-order chi connectivity index (χ0) is 22.5. The van der Waals surface area contributed by atoms with E-state index in [1.54, 1.807) is 23.9 Å². The number of hydrogen-bond acceptors (Lipinski definition) is 4. The SMILES string of the molecule is Cn1c(=O)c(-c2ccccc2)c2c3c(c(Nc4ccccc4)ccc31)C(=O)c1ncccc1-2. The standard InChI is InChI=1S/C28H19N3O2/c1-31-21-15-14-20(30-18-11-6-3-7-12-18)24-25(21)23(19-13-8-16-29-26(19)27(24)32)22(28(31)33)17-9-4-2-5-10-17/h2-16,30H,1H3. The highest BCUT2D eigenvalue weighted by Gasteiger charge is 2.33. The van der Waals surface area contributed by atoms with Crippen molar-refractivity contribution in [3.05, 3.63) is 113 Å². The van der Waals surface area contributed by atoms with Gasteiger partial charge in [-0.3, -0.25) is 14.6 Å². The highest BCUT2D eigenvalue weighted by Crippen LogP contribution is 2.45. The predicted octanol–water partition coefficient (Wildman–Crippen LogP) is 5.56. The van der Waals surface area contributed by atoms with Crippen LogP contribution in [0.4, 0.5) is 11.4 Å². The molecule has 1 aliphatic carbocycles. The van der Waals surface area contributed by atoms with Crippen LogP contribution in [0.2, 0.25) is 0 Å². The number of ketones is 1. The molecule has 0 saturated heterocycles. The molecular formula is C28H19N3O2. The van der Waals surface area contributed by atoms with Gasteiger partial charge in [0.05, 0.1) is 22.3 Å². The summed E-state index contributed by atoms with van der Waals surface area (Å²) < 4.78 is 1.63. The average molecular weight is 429 g/mol. The molecule has 5 aromatic rings. The number of para-hydroxylation sites is 1. The van der Waals surface area contributed by atoms with Crippen molar-refractivity contribution in [2.24, 2.45) is 7.05 Å². The van der Waals surface area contributed by atoms with Gasteiger partial charge in [-0.15, -0.1) is 0 Å². The molecule has 0 spiro atoms. The number of carbonyl (C=O) groups is 1. The second kappa shape index (κ2) is 7.28. The maximum Gasteiger partial charge on any atom is 0.259 e. The fraction of sp³-hybridized carbons (Fsp3) is 0.0357.